The third-order valence-electron chi connectivity index (χ3n) is 3.08. The minimum absolute atomic E-state index is 0. The van der Waals surface area contributed by atoms with Gasteiger partial charge in [-0.2, -0.15) is 0 Å². The standard InChI is InChI=1S/C9H19NO.ClH/c1-8(11-3)9(2)4-6-10-7-5-9;/h8,10H,4-7H2,1-3H3;1H. The summed E-state index contributed by atoms with van der Waals surface area (Å²) in [6, 6.07) is 0. The van der Waals surface area contributed by atoms with Crippen LogP contribution in [0.3, 0.4) is 0 Å². The normalized spacial score (nSPS) is 24.2. The minimum Gasteiger partial charge on any atom is -0.381 e. The Morgan fingerprint density at radius 2 is 1.83 bits per heavy atom. The molecule has 2 nitrogen and oxygen atoms in total. The van der Waals surface area contributed by atoms with Gasteiger partial charge >= 0.3 is 0 Å². The smallest absolute Gasteiger partial charge is 0.0597 e. The zero-order chi connectivity index (χ0) is 8.32. The highest BCUT2D eigenvalue weighted by atomic mass is 35.5. The van der Waals surface area contributed by atoms with Crippen LogP contribution in [0.4, 0.5) is 0 Å². The fourth-order valence-electron chi connectivity index (χ4n) is 1.69. The van der Waals surface area contributed by atoms with E-state index in [0.717, 1.165) is 13.1 Å². The fourth-order valence-corrected chi connectivity index (χ4v) is 1.69. The van der Waals surface area contributed by atoms with Gasteiger partial charge in [-0.3, -0.25) is 0 Å². The van der Waals surface area contributed by atoms with Crippen LogP contribution in [0, 0.1) is 5.41 Å². The molecule has 0 aromatic rings. The summed E-state index contributed by atoms with van der Waals surface area (Å²) in [5.74, 6) is 0. The fraction of sp³-hybridized carbons (Fsp3) is 1.00. The molecule has 0 radical (unpaired) electrons. The number of ether oxygens (including phenoxy) is 1. The lowest BCUT2D eigenvalue weighted by atomic mass is 9.77. The summed E-state index contributed by atoms with van der Waals surface area (Å²) in [5.41, 5.74) is 0.403. The van der Waals surface area contributed by atoms with Crippen molar-refractivity contribution in [2.45, 2.75) is 32.8 Å². The first kappa shape index (κ1) is 12.2. The molecular formula is C9H20ClNO. The second kappa shape index (κ2) is 5.05. The monoisotopic (exact) mass is 193 g/mol. The van der Waals surface area contributed by atoms with Crippen LogP contribution < -0.4 is 5.32 Å². The van der Waals surface area contributed by atoms with Crippen molar-refractivity contribution >= 4 is 12.4 Å². The minimum atomic E-state index is 0. The highest BCUT2D eigenvalue weighted by Crippen LogP contribution is 2.33. The maximum absolute atomic E-state index is 5.36. The Morgan fingerprint density at radius 3 is 2.25 bits per heavy atom. The van der Waals surface area contributed by atoms with E-state index >= 15 is 0 Å². The summed E-state index contributed by atoms with van der Waals surface area (Å²) in [7, 11) is 1.80. The van der Waals surface area contributed by atoms with Crippen LogP contribution in [0.25, 0.3) is 0 Å². The van der Waals surface area contributed by atoms with Crippen molar-refractivity contribution in [2.24, 2.45) is 5.41 Å². The molecule has 0 amide bonds. The molecule has 0 aromatic heterocycles. The Labute approximate surface area is 81.5 Å². The van der Waals surface area contributed by atoms with E-state index < -0.39 is 0 Å². The summed E-state index contributed by atoms with van der Waals surface area (Å²) in [6.45, 7) is 6.78. The van der Waals surface area contributed by atoms with Crippen LogP contribution in [0.2, 0.25) is 0 Å². The average Bonchev–Trinajstić information content (AvgIpc) is 2.04. The molecule has 1 aliphatic rings. The van der Waals surface area contributed by atoms with Gasteiger partial charge in [-0.05, 0) is 38.3 Å². The van der Waals surface area contributed by atoms with Gasteiger partial charge < -0.3 is 10.1 Å². The number of rotatable bonds is 2. The van der Waals surface area contributed by atoms with Crippen LogP contribution in [0.15, 0.2) is 0 Å². The van der Waals surface area contributed by atoms with Crippen LogP contribution in [0.1, 0.15) is 26.7 Å². The second-order valence-corrected chi connectivity index (χ2v) is 3.78. The van der Waals surface area contributed by atoms with Crippen LogP contribution in [0.5, 0.6) is 0 Å². The Morgan fingerprint density at radius 1 is 1.33 bits per heavy atom. The molecule has 1 aliphatic heterocycles. The largest absolute Gasteiger partial charge is 0.381 e. The van der Waals surface area contributed by atoms with Gasteiger partial charge in [0.25, 0.3) is 0 Å². The van der Waals surface area contributed by atoms with Crippen LogP contribution >= 0.6 is 12.4 Å². The first-order valence-electron chi connectivity index (χ1n) is 4.42. The van der Waals surface area contributed by atoms with E-state index in [2.05, 4.69) is 19.2 Å². The third-order valence-corrected chi connectivity index (χ3v) is 3.08. The Kier molecular flexibility index (Phi) is 5.14. The van der Waals surface area contributed by atoms with Gasteiger partial charge in [0.05, 0.1) is 6.10 Å². The number of halogens is 1. The average molecular weight is 194 g/mol. The molecule has 1 rings (SSSR count). The summed E-state index contributed by atoms with van der Waals surface area (Å²) in [6.07, 6.45) is 2.87. The predicted molar refractivity (Wildman–Crippen MR) is 53.9 cm³/mol. The number of piperidine rings is 1. The van der Waals surface area contributed by atoms with E-state index in [9.17, 15) is 0 Å². The Bertz CT molecular complexity index is 124. The van der Waals surface area contributed by atoms with E-state index in [1.54, 1.807) is 7.11 Å². The van der Waals surface area contributed by atoms with E-state index in [4.69, 9.17) is 4.74 Å². The Balaban J connectivity index is 0.00000121. The molecule has 1 saturated heterocycles. The Hall–Kier alpha value is 0.210. The van der Waals surface area contributed by atoms with Gasteiger partial charge in [-0.25, -0.2) is 0 Å². The van der Waals surface area contributed by atoms with E-state index in [1.807, 2.05) is 0 Å². The van der Waals surface area contributed by atoms with Crippen LogP contribution in [-0.4, -0.2) is 26.3 Å². The summed E-state index contributed by atoms with van der Waals surface area (Å²) >= 11 is 0. The summed E-state index contributed by atoms with van der Waals surface area (Å²) in [4.78, 5) is 0. The first-order chi connectivity index (χ1) is 5.19. The van der Waals surface area contributed by atoms with E-state index in [1.165, 1.54) is 12.8 Å². The summed E-state index contributed by atoms with van der Waals surface area (Å²) < 4.78 is 5.36. The molecule has 0 aliphatic carbocycles. The third kappa shape index (κ3) is 2.61. The van der Waals surface area contributed by atoms with Crippen molar-refractivity contribution < 1.29 is 4.74 Å². The molecule has 1 heterocycles. The van der Waals surface area contributed by atoms with Crippen molar-refractivity contribution in [2.75, 3.05) is 20.2 Å². The number of methoxy groups -OCH3 is 1. The zero-order valence-corrected chi connectivity index (χ0v) is 9.04. The molecule has 1 N–H and O–H groups in total. The molecule has 74 valence electrons. The lowest BCUT2D eigenvalue weighted by molar-refractivity contribution is -0.00724. The van der Waals surface area contributed by atoms with Crippen molar-refractivity contribution in [3.05, 3.63) is 0 Å². The maximum atomic E-state index is 5.36. The number of hydrogen-bond donors (Lipinski definition) is 1. The topological polar surface area (TPSA) is 21.3 Å². The zero-order valence-electron chi connectivity index (χ0n) is 8.22. The maximum Gasteiger partial charge on any atom is 0.0597 e. The van der Waals surface area contributed by atoms with Gasteiger partial charge in [0, 0.05) is 7.11 Å². The predicted octanol–water partition coefficient (Wildman–Crippen LogP) is 1.83. The molecule has 0 saturated carbocycles. The molecule has 1 atom stereocenters. The van der Waals surface area contributed by atoms with Crippen molar-refractivity contribution in [3.63, 3.8) is 0 Å². The second-order valence-electron chi connectivity index (χ2n) is 3.78. The molecule has 0 spiro atoms. The quantitative estimate of drug-likeness (QED) is 0.723. The van der Waals surface area contributed by atoms with Gasteiger partial charge in [0.1, 0.15) is 0 Å². The summed E-state index contributed by atoms with van der Waals surface area (Å²) in [5, 5.41) is 3.36. The van der Waals surface area contributed by atoms with Gasteiger partial charge in [0.15, 0.2) is 0 Å². The van der Waals surface area contributed by atoms with Gasteiger partial charge in [0.2, 0.25) is 0 Å². The molecule has 12 heavy (non-hydrogen) atoms. The van der Waals surface area contributed by atoms with Crippen molar-refractivity contribution in [1.82, 2.24) is 5.32 Å². The molecule has 0 bridgehead atoms. The first-order valence-corrected chi connectivity index (χ1v) is 4.42. The van der Waals surface area contributed by atoms with Crippen molar-refractivity contribution in [1.29, 1.82) is 0 Å². The van der Waals surface area contributed by atoms with Crippen molar-refractivity contribution in [3.8, 4) is 0 Å². The van der Waals surface area contributed by atoms with E-state index in [-0.39, 0.29) is 12.4 Å². The lowest BCUT2D eigenvalue weighted by Gasteiger charge is -2.38. The van der Waals surface area contributed by atoms with Crippen LogP contribution in [-0.2, 0) is 4.74 Å². The lowest BCUT2D eigenvalue weighted by Crippen LogP contribution is -2.41. The number of nitrogens with one attached hydrogen (secondary N) is 1. The van der Waals surface area contributed by atoms with Gasteiger partial charge in [-0.15, -0.1) is 12.4 Å². The van der Waals surface area contributed by atoms with Gasteiger partial charge in [-0.1, -0.05) is 6.92 Å². The molecule has 0 aromatic carbocycles. The highest BCUT2D eigenvalue weighted by molar-refractivity contribution is 5.85. The SMILES string of the molecule is COC(C)C1(C)CCNCC1.Cl. The molecular weight excluding hydrogens is 174 g/mol. The molecule has 1 unspecified atom stereocenters. The highest BCUT2D eigenvalue weighted by Gasteiger charge is 2.32. The van der Waals surface area contributed by atoms with E-state index in [0.29, 0.717) is 11.5 Å². The number of hydrogen-bond acceptors (Lipinski definition) is 2. The molecule has 1 fully saturated rings. The molecule has 3 heteroatoms.